The number of halogens is 1. The van der Waals surface area contributed by atoms with E-state index in [1.807, 2.05) is 54.6 Å². The average molecular weight is 270 g/mol. The number of hydrogen-bond acceptors (Lipinski definition) is 1. The Morgan fingerprint density at radius 1 is 0.947 bits per heavy atom. The van der Waals surface area contributed by atoms with E-state index in [2.05, 4.69) is 0 Å². The Morgan fingerprint density at radius 3 is 2.42 bits per heavy atom. The molecule has 0 atom stereocenters. The van der Waals surface area contributed by atoms with Crippen LogP contribution in [0.2, 0.25) is 5.02 Å². The lowest BCUT2D eigenvalue weighted by atomic mass is 10.2. The smallest absolute Gasteiger partial charge is 0.270 e. The first-order chi connectivity index (χ1) is 9.25. The Morgan fingerprint density at radius 2 is 1.63 bits per heavy atom. The summed E-state index contributed by atoms with van der Waals surface area (Å²) < 4.78 is 1.72. The van der Waals surface area contributed by atoms with Gasteiger partial charge in [0, 0.05) is 0 Å². The molecule has 0 amide bonds. The normalized spacial score (nSPS) is 10.8. The fraction of sp³-hybridized carbons (Fsp3) is 0.0625. The number of hydrogen-bond donors (Lipinski definition) is 0. The van der Waals surface area contributed by atoms with Gasteiger partial charge in [0.1, 0.15) is 5.02 Å². The van der Waals surface area contributed by atoms with E-state index in [0.717, 1.165) is 16.5 Å². The van der Waals surface area contributed by atoms with Crippen molar-refractivity contribution in [3.8, 4) is 0 Å². The first-order valence-electron chi connectivity index (χ1n) is 6.08. The van der Waals surface area contributed by atoms with Crippen molar-refractivity contribution in [3.05, 3.63) is 81.6 Å². The zero-order valence-corrected chi connectivity index (χ0v) is 11.0. The maximum atomic E-state index is 12.2. The van der Waals surface area contributed by atoms with E-state index in [1.54, 1.807) is 10.6 Å². The van der Waals surface area contributed by atoms with Crippen LogP contribution in [0.3, 0.4) is 0 Å². The summed E-state index contributed by atoms with van der Waals surface area (Å²) in [6, 6.07) is 19.4. The highest BCUT2D eigenvalue weighted by atomic mass is 35.5. The van der Waals surface area contributed by atoms with Gasteiger partial charge in [-0.25, -0.2) is 0 Å². The van der Waals surface area contributed by atoms with Gasteiger partial charge in [-0.3, -0.25) is 4.79 Å². The summed E-state index contributed by atoms with van der Waals surface area (Å²) >= 11 is 6.03. The predicted molar refractivity (Wildman–Crippen MR) is 78.8 cm³/mol. The number of nitrogens with zero attached hydrogens (tertiary/aromatic N) is 1. The Bertz CT molecular complexity index is 778. The maximum Gasteiger partial charge on any atom is 0.270 e. The van der Waals surface area contributed by atoms with Crippen LogP contribution in [-0.2, 0) is 6.54 Å². The zero-order valence-electron chi connectivity index (χ0n) is 10.2. The van der Waals surface area contributed by atoms with Crippen LogP contribution in [0.25, 0.3) is 10.9 Å². The lowest BCUT2D eigenvalue weighted by Gasteiger charge is -2.11. The molecule has 0 fully saturated rings. The third-order valence-corrected chi connectivity index (χ3v) is 3.41. The molecule has 0 aliphatic carbocycles. The Kier molecular flexibility index (Phi) is 3.10. The first-order valence-corrected chi connectivity index (χ1v) is 6.45. The van der Waals surface area contributed by atoms with Gasteiger partial charge in [-0.05, 0) is 23.1 Å². The molecule has 0 bridgehead atoms. The van der Waals surface area contributed by atoms with Gasteiger partial charge in [0.25, 0.3) is 5.56 Å². The summed E-state index contributed by atoms with van der Waals surface area (Å²) in [7, 11) is 0. The van der Waals surface area contributed by atoms with Crippen molar-refractivity contribution < 1.29 is 0 Å². The van der Waals surface area contributed by atoms with E-state index in [0.29, 0.717) is 6.54 Å². The van der Waals surface area contributed by atoms with Crippen molar-refractivity contribution >= 4 is 22.5 Å². The molecule has 3 heteroatoms. The minimum absolute atomic E-state index is 0.149. The second-order valence-corrected chi connectivity index (χ2v) is 4.84. The van der Waals surface area contributed by atoms with Gasteiger partial charge in [-0.15, -0.1) is 0 Å². The lowest BCUT2D eigenvalue weighted by molar-refractivity contribution is 0.795. The summed E-state index contributed by atoms with van der Waals surface area (Å²) in [5, 5.41) is 1.23. The number of pyridine rings is 1. The molecule has 0 spiro atoms. The molecule has 0 saturated heterocycles. The Balaban J connectivity index is 2.22. The van der Waals surface area contributed by atoms with Crippen molar-refractivity contribution in [2.45, 2.75) is 6.54 Å². The van der Waals surface area contributed by atoms with Crippen LogP contribution in [0.4, 0.5) is 0 Å². The number of aromatic nitrogens is 1. The molecule has 0 N–H and O–H groups in total. The molecular weight excluding hydrogens is 258 g/mol. The highest BCUT2D eigenvalue weighted by molar-refractivity contribution is 6.31. The van der Waals surface area contributed by atoms with E-state index in [1.165, 1.54) is 0 Å². The molecule has 94 valence electrons. The topological polar surface area (TPSA) is 22.0 Å². The summed E-state index contributed by atoms with van der Waals surface area (Å²) in [5.74, 6) is 0. The second kappa shape index (κ2) is 4.90. The lowest BCUT2D eigenvalue weighted by Crippen LogP contribution is -2.21. The minimum atomic E-state index is -0.149. The van der Waals surface area contributed by atoms with Crippen molar-refractivity contribution in [2.75, 3.05) is 0 Å². The highest BCUT2D eigenvalue weighted by Crippen LogP contribution is 2.17. The van der Waals surface area contributed by atoms with E-state index < -0.39 is 0 Å². The monoisotopic (exact) mass is 269 g/mol. The van der Waals surface area contributed by atoms with Crippen molar-refractivity contribution in [1.82, 2.24) is 4.57 Å². The third kappa shape index (κ3) is 2.27. The Labute approximate surface area is 115 Å². The minimum Gasteiger partial charge on any atom is -0.303 e. The fourth-order valence-electron chi connectivity index (χ4n) is 2.21. The van der Waals surface area contributed by atoms with Crippen LogP contribution < -0.4 is 5.56 Å². The van der Waals surface area contributed by atoms with Gasteiger partial charge in [0.05, 0.1) is 12.1 Å². The number of fused-ring (bicyclic) bond motifs is 1. The molecule has 1 aromatic heterocycles. The van der Waals surface area contributed by atoms with Crippen LogP contribution in [0.15, 0.2) is 65.5 Å². The van der Waals surface area contributed by atoms with Gasteiger partial charge in [0.2, 0.25) is 0 Å². The van der Waals surface area contributed by atoms with Crippen LogP contribution in [0, 0.1) is 0 Å². The molecule has 19 heavy (non-hydrogen) atoms. The molecule has 3 rings (SSSR count). The first kappa shape index (κ1) is 12.0. The van der Waals surface area contributed by atoms with Crippen LogP contribution >= 0.6 is 11.6 Å². The summed E-state index contributed by atoms with van der Waals surface area (Å²) in [4.78, 5) is 12.2. The van der Waals surface area contributed by atoms with Crippen LogP contribution in [0.5, 0.6) is 0 Å². The van der Waals surface area contributed by atoms with Gasteiger partial charge < -0.3 is 4.57 Å². The second-order valence-electron chi connectivity index (χ2n) is 4.43. The van der Waals surface area contributed by atoms with Gasteiger partial charge in [0.15, 0.2) is 0 Å². The molecule has 2 nitrogen and oxygen atoms in total. The highest BCUT2D eigenvalue weighted by Gasteiger charge is 2.07. The maximum absolute atomic E-state index is 12.2. The molecule has 1 heterocycles. The number of para-hydroxylation sites is 1. The zero-order chi connectivity index (χ0) is 13.2. The summed E-state index contributed by atoms with van der Waals surface area (Å²) in [6.07, 6.45) is 0. The molecule has 0 aliphatic rings. The van der Waals surface area contributed by atoms with E-state index in [9.17, 15) is 4.79 Å². The third-order valence-electron chi connectivity index (χ3n) is 3.14. The largest absolute Gasteiger partial charge is 0.303 e. The van der Waals surface area contributed by atoms with E-state index in [-0.39, 0.29) is 10.6 Å². The quantitative estimate of drug-likeness (QED) is 0.695. The standard InChI is InChI=1S/C16H12ClNO/c17-14-10-13-8-4-5-9-15(13)18(16(14)19)11-12-6-2-1-3-7-12/h1-10H,11H2. The van der Waals surface area contributed by atoms with Gasteiger partial charge in [-0.1, -0.05) is 60.1 Å². The Hall–Kier alpha value is -2.06. The molecule has 0 aliphatic heterocycles. The molecule has 0 saturated carbocycles. The molecule has 0 radical (unpaired) electrons. The van der Waals surface area contributed by atoms with Crippen LogP contribution in [0.1, 0.15) is 5.56 Å². The SMILES string of the molecule is O=c1c(Cl)cc2ccccc2n1Cc1ccccc1. The summed E-state index contributed by atoms with van der Waals surface area (Å²) in [5.41, 5.74) is 1.84. The summed E-state index contributed by atoms with van der Waals surface area (Å²) in [6.45, 7) is 0.529. The van der Waals surface area contributed by atoms with Crippen LogP contribution in [-0.4, -0.2) is 4.57 Å². The molecular formula is C16H12ClNO. The number of benzene rings is 2. The number of rotatable bonds is 2. The van der Waals surface area contributed by atoms with Gasteiger partial charge >= 0.3 is 0 Å². The molecule has 2 aromatic carbocycles. The molecule has 3 aromatic rings. The molecule has 0 unspecified atom stereocenters. The predicted octanol–water partition coefficient (Wildman–Crippen LogP) is 3.70. The fourth-order valence-corrected chi connectivity index (χ4v) is 2.43. The van der Waals surface area contributed by atoms with Crippen molar-refractivity contribution in [3.63, 3.8) is 0 Å². The van der Waals surface area contributed by atoms with E-state index in [4.69, 9.17) is 11.6 Å². The van der Waals surface area contributed by atoms with Gasteiger partial charge in [-0.2, -0.15) is 0 Å². The van der Waals surface area contributed by atoms with Crippen molar-refractivity contribution in [2.24, 2.45) is 0 Å². The average Bonchev–Trinajstić information content (AvgIpc) is 2.45. The van der Waals surface area contributed by atoms with Crippen molar-refractivity contribution in [1.29, 1.82) is 0 Å². The van der Waals surface area contributed by atoms with E-state index >= 15 is 0 Å².